The predicted molar refractivity (Wildman–Crippen MR) is 258 cm³/mol. The van der Waals surface area contributed by atoms with E-state index in [1.165, 1.54) is 12.0 Å². The third kappa shape index (κ3) is 16.9. The molecule has 1 aliphatic rings. The number of nitrogens with zero attached hydrogens (tertiary/aromatic N) is 6. The summed E-state index contributed by atoms with van der Waals surface area (Å²) in [5.41, 5.74) is 11.2. The van der Waals surface area contributed by atoms with Crippen LogP contribution < -0.4 is 9.64 Å². The van der Waals surface area contributed by atoms with Crippen LogP contribution in [0.25, 0.3) is 32.3 Å². The predicted octanol–water partition coefficient (Wildman–Crippen LogP) is 8.78. The molecule has 0 bridgehead atoms. The van der Waals surface area contributed by atoms with Gasteiger partial charge in [-0.15, -0.1) is 0 Å². The molecule has 0 saturated carbocycles. The number of esters is 1. The lowest BCUT2D eigenvalue weighted by molar-refractivity contribution is -0.141. The van der Waals surface area contributed by atoms with E-state index >= 15 is 0 Å². The van der Waals surface area contributed by atoms with Gasteiger partial charge in [-0.3, -0.25) is 19.3 Å². The Balaban J connectivity index is 1.13. The van der Waals surface area contributed by atoms with Crippen LogP contribution >= 0.6 is 0 Å². The first-order valence-electron chi connectivity index (χ1n) is 23.3. The Hall–Kier alpha value is -6.10. The highest BCUT2D eigenvalue weighted by molar-refractivity contribution is 6.00. The van der Waals surface area contributed by atoms with Gasteiger partial charge in [-0.25, -0.2) is 9.78 Å². The Bertz CT molecular complexity index is 2300. The number of amides is 2. The second-order valence-electron chi connectivity index (χ2n) is 17.4. The van der Waals surface area contributed by atoms with E-state index < -0.39 is 29.6 Å². The van der Waals surface area contributed by atoms with Crippen LogP contribution in [0.3, 0.4) is 0 Å². The van der Waals surface area contributed by atoms with E-state index in [9.17, 15) is 19.2 Å². The first kappa shape index (κ1) is 52.9. The van der Waals surface area contributed by atoms with Gasteiger partial charge in [0.1, 0.15) is 23.8 Å². The molecule has 2 atom stereocenters. The van der Waals surface area contributed by atoms with Crippen molar-refractivity contribution in [2.45, 2.75) is 83.8 Å². The molecule has 1 aliphatic heterocycles. The number of aromatic nitrogens is 1. The number of rotatable bonds is 28. The summed E-state index contributed by atoms with van der Waals surface area (Å²) in [5.74, 6) is 0.0345. The van der Waals surface area contributed by atoms with Gasteiger partial charge in [0.05, 0.1) is 72.4 Å². The van der Waals surface area contributed by atoms with Crippen molar-refractivity contribution < 1.29 is 52.3 Å². The van der Waals surface area contributed by atoms with E-state index in [1.807, 2.05) is 73.7 Å². The standard InChI is InChI=1S/C51H66N6O11/c1-37-20-21-53-47(34-37)57(50(61)68-51(2,3)4)24-9-13-48(59)56-23-8-12-44(56)45(58)35-40(36-49(60)62-5)38-14-16-39(17-15-38)41-18-19-46(43-11-7-6-10-42(41)43)67-33-32-66-31-30-65-29-28-64-27-26-63-25-22-54-55-52/h6-7,10-11,14-21,34,40,44H,8-9,12-13,22-33,35-36H2,1-5H3/t40-,44+/m0/s1. The first-order chi connectivity index (χ1) is 32.9. The number of azide groups is 1. The molecule has 366 valence electrons. The van der Waals surface area contributed by atoms with Gasteiger partial charge in [0.2, 0.25) is 5.91 Å². The average molecular weight is 939 g/mol. The molecule has 68 heavy (non-hydrogen) atoms. The highest BCUT2D eigenvalue weighted by atomic mass is 16.6. The zero-order valence-electron chi connectivity index (χ0n) is 40.1. The zero-order valence-corrected chi connectivity index (χ0v) is 40.1. The van der Waals surface area contributed by atoms with Crippen LogP contribution in [0.2, 0.25) is 0 Å². The quantitative estimate of drug-likeness (QED) is 0.0173. The van der Waals surface area contributed by atoms with Crippen LogP contribution in [-0.4, -0.2) is 131 Å². The molecule has 0 N–H and O–H groups in total. The lowest BCUT2D eigenvalue weighted by Gasteiger charge is -2.28. The van der Waals surface area contributed by atoms with Gasteiger partial charge in [-0.2, -0.15) is 0 Å². The number of anilines is 1. The van der Waals surface area contributed by atoms with Gasteiger partial charge in [-0.1, -0.05) is 59.7 Å². The maximum atomic E-state index is 14.1. The Morgan fingerprint density at radius 2 is 1.51 bits per heavy atom. The lowest BCUT2D eigenvalue weighted by Crippen LogP contribution is -2.42. The van der Waals surface area contributed by atoms with Crippen LogP contribution in [0.4, 0.5) is 10.6 Å². The molecule has 1 fully saturated rings. The molecule has 0 radical (unpaired) electrons. The molecule has 0 spiro atoms. The van der Waals surface area contributed by atoms with Gasteiger partial charge in [-0.05, 0) is 98.3 Å². The van der Waals surface area contributed by atoms with Crippen LogP contribution in [0.15, 0.2) is 84.1 Å². The molecule has 0 aliphatic carbocycles. The van der Waals surface area contributed by atoms with Crippen molar-refractivity contribution in [3.05, 3.63) is 101 Å². The minimum atomic E-state index is -0.715. The molecule has 5 rings (SSSR count). The minimum Gasteiger partial charge on any atom is -0.491 e. The number of fused-ring (bicyclic) bond motifs is 1. The Morgan fingerprint density at radius 3 is 2.16 bits per heavy atom. The van der Waals surface area contributed by atoms with E-state index in [4.69, 9.17) is 38.7 Å². The van der Waals surface area contributed by atoms with E-state index in [0.29, 0.717) is 97.6 Å². The molecule has 3 aromatic carbocycles. The molecule has 2 amide bonds. The third-order valence-corrected chi connectivity index (χ3v) is 11.2. The van der Waals surface area contributed by atoms with Crippen LogP contribution in [0.5, 0.6) is 5.75 Å². The highest BCUT2D eigenvalue weighted by Crippen LogP contribution is 2.36. The average Bonchev–Trinajstić information content (AvgIpc) is 3.83. The van der Waals surface area contributed by atoms with Crippen molar-refractivity contribution in [1.82, 2.24) is 9.88 Å². The summed E-state index contributed by atoms with van der Waals surface area (Å²) >= 11 is 0. The lowest BCUT2D eigenvalue weighted by atomic mass is 9.87. The van der Waals surface area contributed by atoms with Crippen molar-refractivity contribution >= 4 is 40.3 Å². The number of likely N-dealkylation sites (tertiary alicyclic amines) is 1. The third-order valence-electron chi connectivity index (χ3n) is 11.2. The zero-order chi connectivity index (χ0) is 48.7. The number of pyridine rings is 1. The number of aryl methyl sites for hydroxylation is 1. The summed E-state index contributed by atoms with van der Waals surface area (Å²) in [6, 6.07) is 22.9. The fourth-order valence-corrected chi connectivity index (χ4v) is 7.89. The molecular weight excluding hydrogens is 873 g/mol. The molecule has 0 unspecified atom stereocenters. The van der Waals surface area contributed by atoms with Gasteiger partial charge >= 0.3 is 12.1 Å². The van der Waals surface area contributed by atoms with Crippen molar-refractivity contribution in [1.29, 1.82) is 0 Å². The molecule has 17 heteroatoms. The van der Waals surface area contributed by atoms with Crippen LogP contribution in [0, 0.1) is 6.92 Å². The summed E-state index contributed by atoms with van der Waals surface area (Å²) < 4.78 is 38.9. The normalized spacial score (nSPS) is 14.0. The summed E-state index contributed by atoms with van der Waals surface area (Å²) in [7, 11) is 1.33. The molecule has 1 aromatic heterocycles. The van der Waals surface area contributed by atoms with Gasteiger partial charge in [0.15, 0.2) is 5.78 Å². The number of Topliss-reactive ketones (excluding diaryl/α,β-unsaturated/α-hetero) is 1. The van der Waals surface area contributed by atoms with Crippen molar-refractivity contribution in [3.8, 4) is 16.9 Å². The monoisotopic (exact) mass is 938 g/mol. The molecule has 2 heterocycles. The second kappa shape index (κ2) is 27.6. The molecular formula is C51H66N6O11. The highest BCUT2D eigenvalue weighted by Gasteiger charge is 2.35. The van der Waals surface area contributed by atoms with E-state index in [0.717, 1.165) is 38.8 Å². The number of ketones is 1. The first-order valence-corrected chi connectivity index (χ1v) is 23.3. The maximum absolute atomic E-state index is 14.1. The number of carbonyl (C=O) groups is 4. The number of ether oxygens (including phenoxy) is 7. The Kier molecular flexibility index (Phi) is 21.5. The summed E-state index contributed by atoms with van der Waals surface area (Å²) in [6.45, 7) is 12.0. The topological polar surface area (TPSA) is 201 Å². The van der Waals surface area contributed by atoms with Crippen molar-refractivity contribution in [3.63, 3.8) is 0 Å². The number of hydrogen-bond donors (Lipinski definition) is 0. The smallest absolute Gasteiger partial charge is 0.416 e. The van der Waals surface area contributed by atoms with Crippen molar-refractivity contribution in [2.75, 3.05) is 91.1 Å². The minimum absolute atomic E-state index is 0.0104. The van der Waals surface area contributed by atoms with Crippen LogP contribution in [-0.2, 0) is 42.8 Å². The maximum Gasteiger partial charge on any atom is 0.416 e. The Morgan fingerprint density at radius 1 is 0.853 bits per heavy atom. The fourth-order valence-electron chi connectivity index (χ4n) is 7.89. The summed E-state index contributed by atoms with van der Waals surface area (Å²) in [4.78, 5) is 63.8. The number of methoxy groups -OCH3 is 1. The van der Waals surface area contributed by atoms with Gasteiger partial charge in [0.25, 0.3) is 0 Å². The van der Waals surface area contributed by atoms with Gasteiger partial charge in [0, 0.05) is 54.9 Å². The SMILES string of the molecule is COC(=O)C[C@H](CC(=O)[C@H]1CCCN1C(=O)CCCN(C(=O)OC(C)(C)C)c1cc(C)ccn1)c1ccc(-c2ccc(OCCOCCOCCOCCOCCN=[N+]=[N-])c3ccccc23)cc1. The van der Waals surface area contributed by atoms with Crippen molar-refractivity contribution in [2.24, 2.45) is 5.11 Å². The Labute approximate surface area is 398 Å². The fraction of sp³-hybridized carbons (Fsp3) is 0.510. The number of hydrogen-bond acceptors (Lipinski definition) is 13. The summed E-state index contributed by atoms with van der Waals surface area (Å²) in [6.07, 6.45) is 2.88. The number of carbonyl (C=O) groups excluding carboxylic acids is 4. The van der Waals surface area contributed by atoms with Crippen LogP contribution in [0.1, 0.15) is 76.3 Å². The van der Waals surface area contributed by atoms with E-state index in [1.54, 1.807) is 37.9 Å². The van der Waals surface area contributed by atoms with E-state index in [2.05, 4.69) is 15.0 Å². The largest absolute Gasteiger partial charge is 0.491 e. The molecule has 1 saturated heterocycles. The second-order valence-corrected chi connectivity index (χ2v) is 17.4. The molecule has 4 aromatic rings. The molecule has 17 nitrogen and oxygen atoms in total. The summed E-state index contributed by atoms with van der Waals surface area (Å²) in [5, 5.41) is 5.36. The number of benzene rings is 3. The van der Waals surface area contributed by atoms with Gasteiger partial charge < -0.3 is 38.1 Å². The van der Waals surface area contributed by atoms with E-state index in [-0.39, 0.29) is 37.5 Å².